The first-order chi connectivity index (χ1) is 10.3. The summed E-state index contributed by atoms with van der Waals surface area (Å²) >= 11 is 3.41. The van der Waals surface area contributed by atoms with Gasteiger partial charge in [-0.3, -0.25) is 4.79 Å². The highest BCUT2D eigenvalue weighted by Crippen LogP contribution is 2.21. The Balaban J connectivity index is 1.60. The summed E-state index contributed by atoms with van der Waals surface area (Å²) in [5, 5.41) is 5.02. The van der Waals surface area contributed by atoms with Crippen LogP contribution in [0.1, 0.15) is 11.3 Å². The van der Waals surface area contributed by atoms with Gasteiger partial charge < -0.3 is 10.1 Å². The molecule has 0 atom stereocenters. The fourth-order valence-electron chi connectivity index (χ4n) is 1.80. The monoisotopic (exact) mass is 321 g/mol. The molecule has 0 bridgehead atoms. The molecule has 0 aliphatic rings. The molecule has 0 fully saturated rings. The number of ether oxygens (including phenoxy) is 1. The van der Waals surface area contributed by atoms with E-state index >= 15 is 0 Å². The van der Waals surface area contributed by atoms with E-state index in [4.69, 9.17) is 4.74 Å². The lowest BCUT2D eigenvalue weighted by molar-refractivity contribution is -0.120. The summed E-state index contributed by atoms with van der Waals surface area (Å²) in [5.41, 5.74) is 0. The minimum Gasteiger partial charge on any atom is -0.497 e. The van der Waals surface area contributed by atoms with Gasteiger partial charge in [-0.05, 0) is 42.1 Å². The van der Waals surface area contributed by atoms with E-state index in [0.29, 0.717) is 13.0 Å². The smallest absolute Gasteiger partial charge is 0.220 e. The van der Waals surface area contributed by atoms with Gasteiger partial charge in [-0.25, -0.2) is 0 Å². The number of nitrogens with one attached hydrogen (secondary N) is 1. The molecule has 1 N–H and O–H groups in total. The summed E-state index contributed by atoms with van der Waals surface area (Å²) < 4.78 is 5.11. The minimum absolute atomic E-state index is 0.118. The second kappa shape index (κ2) is 8.74. The van der Waals surface area contributed by atoms with Crippen LogP contribution >= 0.6 is 23.1 Å². The van der Waals surface area contributed by atoms with Gasteiger partial charge in [0.2, 0.25) is 5.91 Å². The van der Waals surface area contributed by atoms with Gasteiger partial charge in [-0.15, -0.1) is 23.1 Å². The number of hydrogen-bond donors (Lipinski definition) is 1. The number of carbonyl (C=O) groups is 1. The van der Waals surface area contributed by atoms with Crippen molar-refractivity contribution in [3.05, 3.63) is 46.7 Å². The predicted molar refractivity (Wildman–Crippen MR) is 89.4 cm³/mol. The third-order valence-corrected chi connectivity index (χ3v) is 4.88. The molecule has 21 heavy (non-hydrogen) atoms. The Kier molecular flexibility index (Phi) is 6.63. The Labute approximate surface area is 133 Å². The molecular weight excluding hydrogens is 302 g/mol. The van der Waals surface area contributed by atoms with Gasteiger partial charge in [-0.2, -0.15) is 0 Å². The Hall–Kier alpha value is -1.46. The van der Waals surface area contributed by atoms with Gasteiger partial charge in [0, 0.05) is 28.5 Å². The number of methoxy groups -OCH3 is 1. The van der Waals surface area contributed by atoms with Crippen LogP contribution in [0.4, 0.5) is 0 Å². The van der Waals surface area contributed by atoms with E-state index in [0.717, 1.165) is 22.8 Å². The molecule has 0 spiro atoms. The van der Waals surface area contributed by atoms with E-state index in [2.05, 4.69) is 16.8 Å². The van der Waals surface area contributed by atoms with Crippen molar-refractivity contribution in [2.45, 2.75) is 17.7 Å². The van der Waals surface area contributed by atoms with Crippen LogP contribution in [0, 0.1) is 0 Å². The molecule has 0 aliphatic heterocycles. The van der Waals surface area contributed by atoms with E-state index in [1.165, 1.54) is 4.88 Å². The number of hydrogen-bond acceptors (Lipinski definition) is 4. The fourth-order valence-corrected chi connectivity index (χ4v) is 3.36. The van der Waals surface area contributed by atoms with Crippen LogP contribution < -0.4 is 10.1 Å². The molecule has 0 aliphatic carbocycles. The number of amides is 1. The largest absolute Gasteiger partial charge is 0.497 e. The van der Waals surface area contributed by atoms with Crippen molar-refractivity contribution in [3.63, 3.8) is 0 Å². The first-order valence-corrected chi connectivity index (χ1v) is 8.70. The average Bonchev–Trinajstić information content (AvgIpc) is 3.01. The van der Waals surface area contributed by atoms with Crippen LogP contribution in [0.5, 0.6) is 5.75 Å². The topological polar surface area (TPSA) is 38.3 Å². The first-order valence-electron chi connectivity index (χ1n) is 6.84. The van der Waals surface area contributed by atoms with Crippen molar-refractivity contribution < 1.29 is 9.53 Å². The van der Waals surface area contributed by atoms with E-state index in [9.17, 15) is 4.79 Å². The Morgan fingerprint density at radius 3 is 2.76 bits per heavy atom. The minimum atomic E-state index is 0.118. The van der Waals surface area contributed by atoms with Crippen molar-refractivity contribution in [1.82, 2.24) is 5.32 Å². The maximum absolute atomic E-state index is 11.7. The molecule has 5 heteroatoms. The van der Waals surface area contributed by atoms with E-state index < -0.39 is 0 Å². The van der Waals surface area contributed by atoms with Crippen molar-refractivity contribution in [3.8, 4) is 5.75 Å². The lowest BCUT2D eigenvalue weighted by atomic mass is 10.3. The van der Waals surface area contributed by atoms with Gasteiger partial charge in [0.25, 0.3) is 0 Å². The molecule has 2 aromatic rings. The van der Waals surface area contributed by atoms with Crippen molar-refractivity contribution >= 4 is 29.0 Å². The maximum Gasteiger partial charge on any atom is 0.220 e. The Morgan fingerprint density at radius 1 is 1.29 bits per heavy atom. The molecule has 0 saturated carbocycles. The van der Waals surface area contributed by atoms with Crippen LogP contribution in [0.15, 0.2) is 46.7 Å². The molecule has 0 unspecified atom stereocenters. The summed E-state index contributed by atoms with van der Waals surface area (Å²) in [6.07, 6.45) is 1.45. The first kappa shape index (κ1) is 15.9. The van der Waals surface area contributed by atoms with E-state index in [1.54, 1.807) is 30.2 Å². The van der Waals surface area contributed by atoms with Crippen LogP contribution in [0.3, 0.4) is 0 Å². The molecule has 1 heterocycles. The van der Waals surface area contributed by atoms with Gasteiger partial charge in [0.05, 0.1) is 7.11 Å². The zero-order valence-corrected chi connectivity index (χ0v) is 13.6. The molecule has 3 nitrogen and oxygen atoms in total. The molecule has 0 saturated heterocycles. The van der Waals surface area contributed by atoms with Crippen LogP contribution in [0.2, 0.25) is 0 Å². The molecule has 0 radical (unpaired) electrons. The number of benzene rings is 1. The third kappa shape index (κ3) is 5.81. The number of thiophene rings is 1. The maximum atomic E-state index is 11.7. The van der Waals surface area contributed by atoms with E-state index in [1.807, 2.05) is 30.3 Å². The zero-order valence-electron chi connectivity index (χ0n) is 12.0. The van der Waals surface area contributed by atoms with Crippen LogP contribution in [-0.4, -0.2) is 25.3 Å². The van der Waals surface area contributed by atoms with Crippen molar-refractivity contribution in [2.75, 3.05) is 19.4 Å². The summed E-state index contributed by atoms with van der Waals surface area (Å²) in [5.74, 6) is 1.76. The van der Waals surface area contributed by atoms with Crippen molar-refractivity contribution in [1.29, 1.82) is 0 Å². The van der Waals surface area contributed by atoms with E-state index in [-0.39, 0.29) is 5.91 Å². The van der Waals surface area contributed by atoms with Gasteiger partial charge in [0.15, 0.2) is 0 Å². The van der Waals surface area contributed by atoms with Crippen molar-refractivity contribution in [2.24, 2.45) is 0 Å². The fraction of sp³-hybridized carbons (Fsp3) is 0.312. The predicted octanol–water partition coefficient (Wildman–Crippen LogP) is 3.60. The van der Waals surface area contributed by atoms with Crippen LogP contribution in [0.25, 0.3) is 0 Å². The molecule has 1 aromatic carbocycles. The summed E-state index contributed by atoms with van der Waals surface area (Å²) in [4.78, 5) is 14.2. The number of rotatable bonds is 8. The quantitative estimate of drug-likeness (QED) is 0.755. The number of carbonyl (C=O) groups excluding carboxylic acids is 1. The van der Waals surface area contributed by atoms with Gasteiger partial charge in [0.1, 0.15) is 5.75 Å². The second-order valence-electron chi connectivity index (χ2n) is 4.45. The highest BCUT2D eigenvalue weighted by Gasteiger charge is 2.02. The van der Waals surface area contributed by atoms with Crippen LogP contribution in [-0.2, 0) is 11.2 Å². The average molecular weight is 321 g/mol. The standard InChI is InChI=1S/C16H19NO2S2/c1-19-13-4-6-15(7-5-13)21-12-9-16(18)17-10-8-14-3-2-11-20-14/h2-7,11H,8-10,12H2,1H3,(H,17,18). The Bertz CT molecular complexity index is 538. The third-order valence-electron chi connectivity index (χ3n) is 2.93. The summed E-state index contributed by atoms with van der Waals surface area (Å²) in [7, 11) is 1.66. The highest BCUT2D eigenvalue weighted by atomic mass is 32.2. The summed E-state index contributed by atoms with van der Waals surface area (Å²) in [6, 6.07) is 12.0. The normalized spacial score (nSPS) is 10.3. The van der Waals surface area contributed by atoms with Gasteiger partial charge in [-0.1, -0.05) is 6.07 Å². The Morgan fingerprint density at radius 2 is 2.10 bits per heavy atom. The number of thioether (sulfide) groups is 1. The lowest BCUT2D eigenvalue weighted by Gasteiger charge is -2.05. The van der Waals surface area contributed by atoms with Gasteiger partial charge >= 0.3 is 0 Å². The molecule has 1 amide bonds. The molecule has 2 rings (SSSR count). The lowest BCUT2D eigenvalue weighted by Crippen LogP contribution is -2.25. The zero-order chi connectivity index (χ0) is 14.9. The molecule has 1 aromatic heterocycles. The highest BCUT2D eigenvalue weighted by molar-refractivity contribution is 7.99. The summed E-state index contributed by atoms with van der Waals surface area (Å²) in [6.45, 7) is 0.715. The SMILES string of the molecule is COc1ccc(SCCC(=O)NCCc2cccs2)cc1. The molecule has 112 valence electrons. The molecular formula is C16H19NO2S2. The second-order valence-corrected chi connectivity index (χ2v) is 6.65.